The third-order valence-corrected chi connectivity index (χ3v) is 2.78. The van der Waals surface area contributed by atoms with Crippen LogP contribution in [-0.4, -0.2) is 18.3 Å². The number of aliphatic hydroxyl groups is 1. The minimum atomic E-state index is -0.985. The van der Waals surface area contributed by atoms with Gasteiger partial charge in [-0.2, -0.15) is 0 Å². The summed E-state index contributed by atoms with van der Waals surface area (Å²) in [4.78, 5) is 0. The first kappa shape index (κ1) is 9.12. The number of ether oxygens (including phenoxy) is 1. The van der Waals surface area contributed by atoms with Gasteiger partial charge in [0.25, 0.3) is 0 Å². The molecule has 1 aliphatic rings. The molecule has 1 aromatic carbocycles. The Morgan fingerprint density at radius 1 is 1.46 bits per heavy atom. The fourth-order valence-corrected chi connectivity index (χ4v) is 1.49. The SMILES string of the molecule is OC1(c2ccc(Br)c(F)c2)COC1. The number of hydrogen-bond acceptors (Lipinski definition) is 2. The Labute approximate surface area is 83.5 Å². The number of rotatable bonds is 1. The van der Waals surface area contributed by atoms with Gasteiger partial charge in [-0.15, -0.1) is 0 Å². The molecule has 13 heavy (non-hydrogen) atoms. The highest BCUT2D eigenvalue weighted by atomic mass is 79.9. The van der Waals surface area contributed by atoms with E-state index in [0.29, 0.717) is 10.0 Å². The Kier molecular flexibility index (Phi) is 2.14. The highest BCUT2D eigenvalue weighted by molar-refractivity contribution is 9.10. The zero-order valence-corrected chi connectivity index (χ0v) is 8.34. The summed E-state index contributed by atoms with van der Waals surface area (Å²) in [5.41, 5.74) is -0.416. The highest BCUT2D eigenvalue weighted by Crippen LogP contribution is 2.31. The third-order valence-electron chi connectivity index (χ3n) is 2.14. The van der Waals surface area contributed by atoms with E-state index in [4.69, 9.17) is 4.74 Å². The van der Waals surface area contributed by atoms with Crippen LogP contribution in [0.4, 0.5) is 4.39 Å². The molecule has 0 radical (unpaired) electrons. The van der Waals surface area contributed by atoms with Crippen molar-refractivity contribution in [2.24, 2.45) is 0 Å². The number of halogens is 2. The highest BCUT2D eigenvalue weighted by Gasteiger charge is 2.38. The molecule has 0 bridgehead atoms. The van der Waals surface area contributed by atoms with Crippen LogP contribution < -0.4 is 0 Å². The van der Waals surface area contributed by atoms with Crippen LogP contribution in [0.5, 0.6) is 0 Å². The number of benzene rings is 1. The molecule has 0 spiro atoms. The zero-order valence-electron chi connectivity index (χ0n) is 6.76. The van der Waals surface area contributed by atoms with Gasteiger partial charge in [-0.05, 0) is 33.6 Å². The van der Waals surface area contributed by atoms with Crippen molar-refractivity contribution in [1.82, 2.24) is 0 Å². The summed E-state index contributed by atoms with van der Waals surface area (Å²) in [6.45, 7) is 0.488. The van der Waals surface area contributed by atoms with Gasteiger partial charge in [0.15, 0.2) is 0 Å². The molecule has 0 unspecified atom stereocenters. The predicted octanol–water partition coefficient (Wildman–Crippen LogP) is 1.81. The van der Waals surface area contributed by atoms with E-state index >= 15 is 0 Å². The van der Waals surface area contributed by atoms with Crippen molar-refractivity contribution >= 4 is 15.9 Å². The summed E-state index contributed by atoms with van der Waals surface area (Å²) < 4.78 is 18.4. The lowest BCUT2D eigenvalue weighted by Crippen LogP contribution is -2.46. The molecule has 2 rings (SSSR count). The Morgan fingerprint density at radius 2 is 2.15 bits per heavy atom. The van der Waals surface area contributed by atoms with E-state index in [1.165, 1.54) is 6.07 Å². The molecule has 0 aromatic heterocycles. The number of hydrogen-bond donors (Lipinski definition) is 1. The van der Waals surface area contributed by atoms with Gasteiger partial charge in [-0.3, -0.25) is 0 Å². The lowest BCUT2D eigenvalue weighted by atomic mass is 9.92. The second kappa shape index (κ2) is 3.04. The molecule has 0 saturated carbocycles. The van der Waals surface area contributed by atoms with Gasteiger partial charge in [0.2, 0.25) is 0 Å². The first-order valence-corrected chi connectivity index (χ1v) is 4.67. The van der Waals surface area contributed by atoms with Crippen molar-refractivity contribution in [3.05, 3.63) is 34.1 Å². The largest absolute Gasteiger partial charge is 0.380 e. The molecule has 70 valence electrons. The zero-order chi connectivity index (χ0) is 9.47. The molecule has 1 aromatic rings. The van der Waals surface area contributed by atoms with Crippen LogP contribution in [0, 0.1) is 5.82 Å². The van der Waals surface area contributed by atoms with Crippen molar-refractivity contribution < 1.29 is 14.2 Å². The minimum Gasteiger partial charge on any atom is -0.380 e. The minimum absolute atomic E-state index is 0.244. The van der Waals surface area contributed by atoms with Gasteiger partial charge < -0.3 is 9.84 Å². The summed E-state index contributed by atoms with van der Waals surface area (Å²) >= 11 is 3.05. The molecule has 1 N–H and O–H groups in total. The molecule has 0 atom stereocenters. The van der Waals surface area contributed by atoms with Crippen LogP contribution in [0.2, 0.25) is 0 Å². The summed E-state index contributed by atoms with van der Waals surface area (Å²) in [6, 6.07) is 4.60. The van der Waals surface area contributed by atoms with Gasteiger partial charge in [-0.25, -0.2) is 4.39 Å². The third kappa shape index (κ3) is 1.49. The summed E-state index contributed by atoms with van der Waals surface area (Å²) in [6.07, 6.45) is 0. The van der Waals surface area contributed by atoms with E-state index in [9.17, 15) is 9.50 Å². The molecule has 0 amide bonds. The van der Waals surface area contributed by atoms with Gasteiger partial charge >= 0.3 is 0 Å². The van der Waals surface area contributed by atoms with Crippen molar-refractivity contribution in [3.8, 4) is 0 Å². The fraction of sp³-hybridized carbons (Fsp3) is 0.333. The van der Waals surface area contributed by atoms with E-state index < -0.39 is 5.60 Å². The van der Waals surface area contributed by atoms with E-state index in [-0.39, 0.29) is 19.0 Å². The van der Waals surface area contributed by atoms with Gasteiger partial charge in [0, 0.05) is 0 Å². The van der Waals surface area contributed by atoms with Gasteiger partial charge in [0.1, 0.15) is 11.4 Å². The van der Waals surface area contributed by atoms with Gasteiger partial charge in [0.05, 0.1) is 17.7 Å². The van der Waals surface area contributed by atoms with Crippen LogP contribution in [-0.2, 0) is 10.3 Å². The standard InChI is InChI=1S/C9H8BrFO2/c10-7-2-1-6(3-8(7)11)9(12)4-13-5-9/h1-3,12H,4-5H2. The Bertz CT molecular complexity index is 336. The second-order valence-electron chi connectivity index (χ2n) is 3.15. The first-order chi connectivity index (χ1) is 6.12. The van der Waals surface area contributed by atoms with Crippen LogP contribution in [0.1, 0.15) is 5.56 Å². The normalized spacial score (nSPS) is 19.6. The van der Waals surface area contributed by atoms with Crippen molar-refractivity contribution in [3.63, 3.8) is 0 Å². The predicted molar refractivity (Wildman–Crippen MR) is 48.8 cm³/mol. The molecule has 1 heterocycles. The maximum Gasteiger partial charge on any atom is 0.137 e. The average molecular weight is 247 g/mol. The summed E-state index contributed by atoms with van der Waals surface area (Å²) in [5.74, 6) is -0.363. The molecule has 1 aliphatic heterocycles. The van der Waals surface area contributed by atoms with Crippen LogP contribution in [0.15, 0.2) is 22.7 Å². The molecule has 2 nitrogen and oxygen atoms in total. The van der Waals surface area contributed by atoms with Crippen molar-refractivity contribution in [2.45, 2.75) is 5.60 Å². The maximum absolute atomic E-state index is 13.1. The average Bonchev–Trinajstić information content (AvgIpc) is 2.06. The summed E-state index contributed by atoms with van der Waals surface area (Å²) in [7, 11) is 0. The van der Waals surface area contributed by atoms with Crippen LogP contribution in [0.25, 0.3) is 0 Å². The monoisotopic (exact) mass is 246 g/mol. The maximum atomic E-state index is 13.1. The van der Waals surface area contributed by atoms with Crippen LogP contribution >= 0.6 is 15.9 Å². The van der Waals surface area contributed by atoms with E-state index in [1.54, 1.807) is 12.1 Å². The molecule has 4 heteroatoms. The van der Waals surface area contributed by atoms with E-state index in [2.05, 4.69) is 15.9 Å². The topological polar surface area (TPSA) is 29.5 Å². The lowest BCUT2D eigenvalue weighted by Gasteiger charge is -2.36. The van der Waals surface area contributed by atoms with Crippen molar-refractivity contribution in [2.75, 3.05) is 13.2 Å². The van der Waals surface area contributed by atoms with Crippen LogP contribution in [0.3, 0.4) is 0 Å². The molecule has 1 saturated heterocycles. The molecular weight excluding hydrogens is 239 g/mol. The first-order valence-electron chi connectivity index (χ1n) is 3.87. The Hall–Kier alpha value is -0.450. The van der Waals surface area contributed by atoms with Crippen molar-refractivity contribution in [1.29, 1.82) is 0 Å². The summed E-state index contributed by atoms with van der Waals surface area (Å²) in [5, 5.41) is 9.79. The quantitative estimate of drug-likeness (QED) is 0.819. The van der Waals surface area contributed by atoms with Gasteiger partial charge in [-0.1, -0.05) is 6.07 Å². The molecule has 1 fully saturated rings. The van der Waals surface area contributed by atoms with E-state index in [1.807, 2.05) is 0 Å². The lowest BCUT2D eigenvalue weighted by molar-refractivity contribution is -0.184. The molecular formula is C9H8BrFO2. The smallest absolute Gasteiger partial charge is 0.137 e. The Morgan fingerprint density at radius 3 is 2.62 bits per heavy atom. The second-order valence-corrected chi connectivity index (χ2v) is 4.01. The fourth-order valence-electron chi connectivity index (χ4n) is 1.25. The Balaban J connectivity index is 2.36. The molecule has 0 aliphatic carbocycles. The van der Waals surface area contributed by atoms with E-state index in [0.717, 1.165) is 0 Å².